The Kier molecular flexibility index (Phi) is 8.13. The Bertz CT molecular complexity index is 256. The first-order valence-corrected chi connectivity index (χ1v) is 8.93. The van der Waals surface area contributed by atoms with E-state index >= 15 is 0 Å². The van der Waals surface area contributed by atoms with Crippen LogP contribution in [-0.4, -0.2) is 24.8 Å². The molecule has 0 aromatic carbocycles. The highest BCUT2D eigenvalue weighted by Gasteiger charge is 2.41. The smallest absolute Gasteiger partial charge is 0.0597 e. The number of rotatable bonds is 9. The largest absolute Gasteiger partial charge is 0.375 e. The molecule has 0 spiro atoms. The quantitative estimate of drug-likeness (QED) is 0.666. The van der Waals surface area contributed by atoms with Crippen molar-refractivity contribution in [3.05, 3.63) is 0 Å². The average molecular weight is 284 g/mol. The first-order valence-electron chi connectivity index (χ1n) is 8.93. The van der Waals surface area contributed by atoms with E-state index in [9.17, 15) is 0 Å². The monoisotopic (exact) mass is 283 g/mol. The van der Waals surface area contributed by atoms with Crippen LogP contribution in [0.2, 0.25) is 0 Å². The van der Waals surface area contributed by atoms with Gasteiger partial charge in [-0.25, -0.2) is 0 Å². The molecule has 0 aromatic rings. The van der Waals surface area contributed by atoms with Crippen LogP contribution in [0.25, 0.3) is 0 Å². The van der Waals surface area contributed by atoms with Gasteiger partial charge < -0.3 is 10.1 Å². The molecule has 0 amide bonds. The maximum atomic E-state index is 6.07. The third-order valence-corrected chi connectivity index (χ3v) is 5.38. The minimum atomic E-state index is 0.396. The van der Waals surface area contributed by atoms with Gasteiger partial charge in [0.15, 0.2) is 0 Å². The van der Waals surface area contributed by atoms with E-state index in [4.69, 9.17) is 4.74 Å². The molecule has 2 heteroatoms. The van der Waals surface area contributed by atoms with Crippen molar-refractivity contribution in [3.8, 4) is 0 Å². The maximum absolute atomic E-state index is 6.07. The van der Waals surface area contributed by atoms with E-state index in [1.165, 1.54) is 32.1 Å². The van der Waals surface area contributed by atoms with Crippen molar-refractivity contribution in [1.29, 1.82) is 0 Å². The van der Waals surface area contributed by atoms with Gasteiger partial charge in [-0.1, -0.05) is 53.4 Å². The molecule has 1 saturated heterocycles. The molecule has 1 N–H and O–H groups in total. The van der Waals surface area contributed by atoms with Crippen molar-refractivity contribution < 1.29 is 4.74 Å². The van der Waals surface area contributed by atoms with Gasteiger partial charge in [-0.2, -0.15) is 0 Å². The molecule has 0 aliphatic carbocycles. The lowest BCUT2D eigenvalue weighted by Crippen LogP contribution is -2.43. The summed E-state index contributed by atoms with van der Waals surface area (Å²) < 4.78 is 6.07. The SMILES string of the molecule is CCCCC(CC)CC(NCC)C1C(C)OC(C)C1C. The fourth-order valence-electron chi connectivity index (χ4n) is 3.97. The molecule has 1 heterocycles. The molecule has 6 unspecified atom stereocenters. The van der Waals surface area contributed by atoms with Crippen molar-refractivity contribution in [3.63, 3.8) is 0 Å². The van der Waals surface area contributed by atoms with Crippen LogP contribution < -0.4 is 5.32 Å². The van der Waals surface area contributed by atoms with Crippen LogP contribution in [0.4, 0.5) is 0 Å². The van der Waals surface area contributed by atoms with Gasteiger partial charge >= 0.3 is 0 Å². The molecule has 0 aromatic heterocycles. The molecular weight excluding hydrogens is 246 g/mol. The standard InChI is InChI=1S/C18H37NO/c1-7-10-11-16(8-2)12-17(19-9-3)18-13(4)14(5)20-15(18)6/h13-19H,7-12H2,1-6H3. The van der Waals surface area contributed by atoms with E-state index in [1.54, 1.807) is 0 Å². The van der Waals surface area contributed by atoms with E-state index in [0.717, 1.165) is 12.5 Å². The summed E-state index contributed by atoms with van der Waals surface area (Å²) in [5.74, 6) is 2.20. The van der Waals surface area contributed by atoms with Gasteiger partial charge in [-0.05, 0) is 38.6 Å². The Balaban J connectivity index is 2.67. The molecule has 1 fully saturated rings. The number of ether oxygens (including phenoxy) is 1. The minimum absolute atomic E-state index is 0.396. The molecular formula is C18H37NO. The Morgan fingerprint density at radius 3 is 2.20 bits per heavy atom. The Hall–Kier alpha value is -0.0800. The third kappa shape index (κ3) is 4.73. The average Bonchev–Trinajstić information content (AvgIpc) is 2.67. The van der Waals surface area contributed by atoms with Crippen LogP contribution in [0, 0.1) is 17.8 Å². The van der Waals surface area contributed by atoms with Crippen LogP contribution in [-0.2, 0) is 4.74 Å². The lowest BCUT2D eigenvalue weighted by Gasteiger charge is -2.32. The molecule has 20 heavy (non-hydrogen) atoms. The Morgan fingerprint density at radius 1 is 1.05 bits per heavy atom. The second kappa shape index (κ2) is 9.04. The Labute approximate surface area is 127 Å². The molecule has 6 atom stereocenters. The predicted octanol–water partition coefficient (Wildman–Crippen LogP) is 4.63. The van der Waals surface area contributed by atoms with Crippen molar-refractivity contribution in [1.82, 2.24) is 5.32 Å². The minimum Gasteiger partial charge on any atom is -0.375 e. The second-order valence-corrected chi connectivity index (χ2v) is 6.80. The van der Waals surface area contributed by atoms with E-state index < -0.39 is 0 Å². The second-order valence-electron chi connectivity index (χ2n) is 6.80. The molecule has 120 valence electrons. The first kappa shape index (κ1) is 18.0. The van der Waals surface area contributed by atoms with Gasteiger partial charge in [0.05, 0.1) is 12.2 Å². The molecule has 0 bridgehead atoms. The van der Waals surface area contributed by atoms with E-state index in [2.05, 4.69) is 46.9 Å². The third-order valence-electron chi connectivity index (χ3n) is 5.38. The molecule has 1 aliphatic heterocycles. The van der Waals surface area contributed by atoms with E-state index in [0.29, 0.717) is 30.1 Å². The zero-order valence-corrected chi connectivity index (χ0v) is 14.6. The number of hydrogen-bond acceptors (Lipinski definition) is 2. The highest BCUT2D eigenvalue weighted by atomic mass is 16.5. The van der Waals surface area contributed by atoms with Gasteiger partial charge in [-0.3, -0.25) is 0 Å². The van der Waals surface area contributed by atoms with Gasteiger partial charge in [0.2, 0.25) is 0 Å². The molecule has 2 nitrogen and oxygen atoms in total. The lowest BCUT2D eigenvalue weighted by molar-refractivity contribution is 0.0463. The maximum Gasteiger partial charge on any atom is 0.0597 e. The fraction of sp³-hybridized carbons (Fsp3) is 1.00. The molecule has 1 aliphatic rings. The highest BCUT2D eigenvalue weighted by molar-refractivity contribution is 4.92. The van der Waals surface area contributed by atoms with Crippen molar-refractivity contribution in [2.45, 2.75) is 91.9 Å². The topological polar surface area (TPSA) is 21.3 Å². The lowest BCUT2D eigenvalue weighted by atomic mass is 9.78. The summed E-state index contributed by atoms with van der Waals surface area (Å²) in [6, 6.07) is 0.622. The van der Waals surface area contributed by atoms with Crippen molar-refractivity contribution in [2.75, 3.05) is 6.54 Å². The van der Waals surface area contributed by atoms with Crippen molar-refractivity contribution >= 4 is 0 Å². The van der Waals surface area contributed by atoms with Crippen LogP contribution in [0.3, 0.4) is 0 Å². The van der Waals surface area contributed by atoms with E-state index in [1.807, 2.05) is 0 Å². The fourth-order valence-corrected chi connectivity index (χ4v) is 3.97. The molecule has 0 radical (unpaired) electrons. The zero-order valence-electron chi connectivity index (χ0n) is 14.6. The highest BCUT2D eigenvalue weighted by Crippen LogP contribution is 2.37. The van der Waals surface area contributed by atoms with Gasteiger partial charge in [-0.15, -0.1) is 0 Å². The predicted molar refractivity (Wildman–Crippen MR) is 88.1 cm³/mol. The normalized spacial score (nSPS) is 33.3. The summed E-state index contributed by atoms with van der Waals surface area (Å²) in [4.78, 5) is 0. The number of nitrogens with one attached hydrogen (secondary N) is 1. The van der Waals surface area contributed by atoms with Crippen LogP contribution in [0.15, 0.2) is 0 Å². The van der Waals surface area contributed by atoms with Gasteiger partial charge in [0.25, 0.3) is 0 Å². The van der Waals surface area contributed by atoms with Crippen molar-refractivity contribution in [2.24, 2.45) is 17.8 Å². The van der Waals surface area contributed by atoms with Crippen LogP contribution >= 0.6 is 0 Å². The number of unbranched alkanes of at least 4 members (excludes halogenated alkanes) is 1. The Morgan fingerprint density at radius 2 is 1.75 bits per heavy atom. The summed E-state index contributed by atoms with van der Waals surface area (Å²) in [6.45, 7) is 14.8. The van der Waals surface area contributed by atoms with Gasteiger partial charge in [0.1, 0.15) is 0 Å². The summed E-state index contributed by atoms with van der Waals surface area (Å²) >= 11 is 0. The zero-order chi connectivity index (χ0) is 15.1. The first-order chi connectivity index (χ1) is 9.54. The van der Waals surface area contributed by atoms with Crippen LogP contribution in [0.5, 0.6) is 0 Å². The summed E-state index contributed by atoms with van der Waals surface area (Å²) in [7, 11) is 0. The van der Waals surface area contributed by atoms with Gasteiger partial charge in [0, 0.05) is 12.0 Å². The summed E-state index contributed by atoms with van der Waals surface area (Å²) in [5.41, 5.74) is 0. The number of hydrogen-bond donors (Lipinski definition) is 1. The van der Waals surface area contributed by atoms with E-state index in [-0.39, 0.29) is 0 Å². The summed E-state index contributed by atoms with van der Waals surface area (Å²) in [5, 5.41) is 3.77. The summed E-state index contributed by atoms with van der Waals surface area (Å²) in [6.07, 6.45) is 7.52. The van der Waals surface area contributed by atoms with Crippen LogP contribution in [0.1, 0.15) is 73.6 Å². The molecule has 0 saturated carbocycles. The molecule has 1 rings (SSSR count).